The first-order valence-corrected chi connectivity index (χ1v) is 7.18. The lowest BCUT2D eigenvalue weighted by atomic mass is 9.87. The van der Waals surface area contributed by atoms with Gasteiger partial charge in [0.1, 0.15) is 6.61 Å². The number of halogens is 4. The summed E-state index contributed by atoms with van der Waals surface area (Å²) in [5.74, 6) is -6.18. The maximum absolute atomic E-state index is 13.3. The fraction of sp³-hybridized carbons (Fsp3) is 0.600. The molecule has 0 aromatic heterocycles. The minimum Gasteiger partial charge on any atom is -0.486 e. The van der Waals surface area contributed by atoms with Crippen LogP contribution in [0.3, 0.4) is 0 Å². The van der Waals surface area contributed by atoms with Crippen molar-refractivity contribution in [3.8, 4) is 5.75 Å². The molecule has 2 rings (SSSR count). The van der Waals surface area contributed by atoms with Crippen molar-refractivity contribution in [2.45, 2.75) is 38.6 Å². The lowest BCUT2D eigenvalue weighted by Gasteiger charge is -2.27. The Morgan fingerprint density at radius 1 is 1.05 bits per heavy atom. The highest BCUT2D eigenvalue weighted by Crippen LogP contribution is 2.26. The summed E-state index contributed by atoms with van der Waals surface area (Å²) < 4.78 is 57.5. The van der Waals surface area contributed by atoms with Crippen LogP contribution < -0.4 is 10.1 Å². The zero-order valence-electron chi connectivity index (χ0n) is 11.9. The van der Waals surface area contributed by atoms with E-state index < -0.39 is 29.0 Å². The van der Waals surface area contributed by atoms with Crippen LogP contribution in [0.5, 0.6) is 5.75 Å². The molecular formula is C15H19F4NO. The van der Waals surface area contributed by atoms with Crippen LogP contribution in [0.2, 0.25) is 0 Å². The molecule has 1 fully saturated rings. The Hall–Kier alpha value is -1.30. The molecule has 1 aromatic rings. The van der Waals surface area contributed by atoms with Crippen LogP contribution >= 0.6 is 0 Å². The summed E-state index contributed by atoms with van der Waals surface area (Å²) in [5, 5.41) is 3.22. The van der Waals surface area contributed by atoms with Gasteiger partial charge in [-0.15, -0.1) is 0 Å². The van der Waals surface area contributed by atoms with Crippen molar-refractivity contribution in [2.24, 2.45) is 5.92 Å². The molecule has 1 saturated carbocycles. The zero-order valence-corrected chi connectivity index (χ0v) is 11.9. The van der Waals surface area contributed by atoms with Crippen molar-refractivity contribution in [1.29, 1.82) is 0 Å². The summed E-state index contributed by atoms with van der Waals surface area (Å²) in [6.45, 7) is 2.53. The molecule has 0 atom stereocenters. The Labute approximate surface area is 121 Å². The first kappa shape index (κ1) is 16.1. The van der Waals surface area contributed by atoms with Crippen LogP contribution in [-0.2, 0) is 0 Å². The maximum atomic E-state index is 13.3. The fourth-order valence-corrected chi connectivity index (χ4v) is 2.56. The van der Waals surface area contributed by atoms with Crippen molar-refractivity contribution in [3.63, 3.8) is 0 Å². The summed E-state index contributed by atoms with van der Waals surface area (Å²) in [5.41, 5.74) is 0. The second-order valence-corrected chi connectivity index (χ2v) is 5.56. The van der Waals surface area contributed by atoms with Crippen molar-refractivity contribution in [1.82, 2.24) is 5.32 Å². The van der Waals surface area contributed by atoms with Gasteiger partial charge in [0.25, 0.3) is 0 Å². The van der Waals surface area contributed by atoms with E-state index in [0.29, 0.717) is 12.6 Å². The number of rotatable bonds is 5. The average molecular weight is 305 g/mol. The topological polar surface area (TPSA) is 21.3 Å². The van der Waals surface area contributed by atoms with Crippen LogP contribution in [-0.4, -0.2) is 19.2 Å². The predicted octanol–water partition coefficient (Wildman–Crippen LogP) is 3.79. The fourth-order valence-electron chi connectivity index (χ4n) is 2.56. The van der Waals surface area contributed by atoms with Gasteiger partial charge in [-0.05, 0) is 31.6 Å². The van der Waals surface area contributed by atoms with Crippen LogP contribution in [0.25, 0.3) is 0 Å². The highest BCUT2D eigenvalue weighted by molar-refractivity contribution is 5.28. The Morgan fingerprint density at radius 2 is 1.62 bits per heavy atom. The van der Waals surface area contributed by atoms with Crippen LogP contribution in [0, 0.1) is 29.2 Å². The van der Waals surface area contributed by atoms with Crippen molar-refractivity contribution < 1.29 is 22.3 Å². The zero-order chi connectivity index (χ0) is 15.4. The Kier molecular flexibility index (Phi) is 5.45. The normalized spacial score (nSPS) is 22.3. The molecule has 118 valence electrons. The van der Waals surface area contributed by atoms with Gasteiger partial charge in [-0.1, -0.05) is 6.92 Å². The number of hydrogen-bond acceptors (Lipinski definition) is 2. The van der Waals surface area contributed by atoms with E-state index in [9.17, 15) is 17.6 Å². The van der Waals surface area contributed by atoms with Crippen LogP contribution in [0.1, 0.15) is 32.6 Å². The van der Waals surface area contributed by atoms with E-state index >= 15 is 0 Å². The lowest BCUT2D eigenvalue weighted by Crippen LogP contribution is -2.35. The molecule has 0 aliphatic heterocycles. The maximum Gasteiger partial charge on any atom is 0.203 e. The molecule has 0 bridgehead atoms. The van der Waals surface area contributed by atoms with Gasteiger partial charge >= 0.3 is 0 Å². The first-order chi connectivity index (χ1) is 9.99. The first-order valence-electron chi connectivity index (χ1n) is 7.18. The highest BCUT2D eigenvalue weighted by Gasteiger charge is 2.21. The van der Waals surface area contributed by atoms with Gasteiger partial charge in [-0.2, -0.15) is 8.78 Å². The van der Waals surface area contributed by atoms with Gasteiger partial charge in [0.05, 0.1) is 0 Å². The van der Waals surface area contributed by atoms with Crippen LogP contribution in [0.15, 0.2) is 6.07 Å². The van der Waals surface area contributed by atoms with Gasteiger partial charge in [-0.25, -0.2) is 8.78 Å². The van der Waals surface area contributed by atoms with Crippen LogP contribution in [0.4, 0.5) is 17.6 Å². The van der Waals surface area contributed by atoms with E-state index in [1.54, 1.807) is 0 Å². The molecule has 6 heteroatoms. The highest BCUT2D eigenvalue weighted by atomic mass is 19.2. The van der Waals surface area contributed by atoms with E-state index in [-0.39, 0.29) is 12.7 Å². The minimum absolute atomic E-state index is 0.0528. The number of hydrogen-bond donors (Lipinski definition) is 1. The molecule has 1 aromatic carbocycles. The Bertz CT molecular complexity index is 461. The summed E-state index contributed by atoms with van der Waals surface area (Å²) >= 11 is 0. The molecule has 1 N–H and O–H groups in total. The third-order valence-corrected chi connectivity index (χ3v) is 3.87. The molecule has 0 radical (unpaired) electrons. The number of benzene rings is 1. The third kappa shape index (κ3) is 4.09. The molecule has 0 unspecified atom stereocenters. The molecule has 1 aliphatic rings. The molecule has 2 nitrogen and oxygen atoms in total. The third-order valence-electron chi connectivity index (χ3n) is 3.87. The van der Waals surface area contributed by atoms with Crippen molar-refractivity contribution >= 4 is 0 Å². The van der Waals surface area contributed by atoms with E-state index in [1.807, 2.05) is 0 Å². The monoisotopic (exact) mass is 305 g/mol. The summed E-state index contributed by atoms with van der Waals surface area (Å²) in [7, 11) is 0. The molecule has 0 heterocycles. The smallest absolute Gasteiger partial charge is 0.203 e. The molecular weight excluding hydrogens is 286 g/mol. The average Bonchev–Trinajstić information content (AvgIpc) is 2.46. The molecule has 1 aliphatic carbocycles. The van der Waals surface area contributed by atoms with Crippen molar-refractivity contribution in [3.05, 3.63) is 29.3 Å². The SMILES string of the molecule is CC1CCC(NCCOc2c(F)c(F)cc(F)c2F)CC1. The Morgan fingerprint density at radius 3 is 2.19 bits per heavy atom. The van der Waals surface area contributed by atoms with Gasteiger partial charge in [0.15, 0.2) is 17.4 Å². The van der Waals surface area contributed by atoms with E-state index in [0.717, 1.165) is 31.6 Å². The summed E-state index contributed by atoms with van der Waals surface area (Å²) in [6, 6.07) is 0.530. The minimum atomic E-state index is -1.50. The molecule has 0 saturated heterocycles. The van der Waals surface area contributed by atoms with Gasteiger partial charge in [0.2, 0.25) is 11.6 Å². The lowest BCUT2D eigenvalue weighted by molar-refractivity contribution is 0.249. The van der Waals surface area contributed by atoms with Gasteiger partial charge in [-0.3, -0.25) is 0 Å². The van der Waals surface area contributed by atoms with E-state index in [4.69, 9.17) is 4.74 Å². The Balaban J connectivity index is 1.81. The van der Waals surface area contributed by atoms with Gasteiger partial charge in [0, 0.05) is 18.7 Å². The largest absolute Gasteiger partial charge is 0.486 e. The number of ether oxygens (including phenoxy) is 1. The molecule has 0 amide bonds. The van der Waals surface area contributed by atoms with Gasteiger partial charge < -0.3 is 10.1 Å². The van der Waals surface area contributed by atoms with E-state index in [2.05, 4.69) is 12.2 Å². The summed E-state index contributed by atoms with van der Waals surface area (Å²) in [4.78, 5) is 0. The molecule has 21 heavy (non-hydrogen) atoms. The second-order valence-electron chi connectivity index (χ2n) is 5.56. The molecule has 0 spiro atoms. The predicted molar refractivity (Wildman–Crippen MR) is 71.2 cm³/mol. The quantitative estimate of drug-likeness (QED) is 0.508. The number of nitrogens with one attached hydrogen (secondary N) is 1. The second kappa shape index (κ2) is 7.11. The van der Waals surface area contributed by atoms with Crippen molar-refractivity contribution in [2.75, 3.05) is 13.2 Å². The standard InChI is InChI=1S/C15H19F4NO/c1-9-2-4-10(5-3-9)20-6-7-21-15-13(18)11(16)8-12(17)14(15)19/h8-10,20H,2-7H2,1H3. The van der Waals surface area contributed by atoms with E-state index in [1.165, 1.54) is 0 Å². The summed E-state index contributed by atoms with van der Waals surface area (Å²) in [6.07, 6.45) is 4.41.